The largest absolute Gasteiger partial charge is 0.469 e. The summed E-state index contributed by atoms with van der Waals surface area (Å²) in [6.07, 6.45) is 2.31. The number of benzene rings is 1. The molecule has 6 nitrogen and oxygen atoms in total. The van der Waals surface area contributed by atoms with E-state index in [2.05, 4.69) is 9.73 Å². The second-order valence-electron chi connectivity index (χ2n) is 3.53. The van der Waals surface area contributed by atoms with Crippen LogP contribution in [-0.2, 0) is 9.53 Å². The number of esters is 1. The molecule has 1 rings (SSSR count). The van der Waals surface area contributed by atoms with E-state index < -0.39 is 4.92 Å². The van der Waals surface area contributed by atoms with Gasteiger partial charge in [-0.25, -0.2) is 0 Å². The Balaban J connectivity index is 2.52. The third-order valence-electron chi connectivity index (χ3n) is 2.26. The van der Waals surface area contributed by atoms with E-state index in [0.29, 0.717) is 24.9 Å². The fourth-order valence-electron chi connectivity index (χ4n) is 1.34. The van der Waals surface area contributed by atoms with Crippen LogP contribution in [0.5, 0.6) is 0 Å². The maximum absolute atomic E-state index is 10.8. The second kappa shape index (κ2) is 7.16. The first-order valence-electron chi connectivity index (χ1n) is 5.45. The molecule has 0 aromatic heterocycles. The van der Waals surface area contributed by atoms with Gasteiger partial charge in [0.25, 0.3) is 5.69 Å². The summed E-state index contributed by atoms with van der Waals surface area (Å²) < 4.78 is 4.49. The lowest BCUT2D eigenvalue weighted by Gasteiger charge is -1.97. The molecule has 0 bridgehead atoms. The third-order valence-corrected chi connectivity index (χ3v) is 2.26. The van der Waals surface area contributed by atoms with Crippen LogP contribution >= 0.6 is 0 Å². The third kappa shape index (κ3) is 4.32. The van der Waals surface area contributed by atoms with Gasteiger partial charge in [0.1, 0.15) is 0 Å². The number of carbonyl (C=O) groups excluding carboxylic acids is 1. The van der Waals surface area contributed by atoms with Crippen LogP contribution in [0.2, 0.25) is 0 Å². The Kier molecular flexibility index (Phi) is 5.50. The van der Waals surface area contributed by atoms with Gasteiger partial charge in [-0.15, -0.1) is 0 Å². The van der Waals surface area contributed by atoms with E-state index in [4.69, 9.17) is 0 Å². The molecule has 6 heteroatoms. The standard InChI is InChI=1S/C12H14N2O4/c1-18-12(15)7-4-8-13-9-10-5-2-3-6-11(10)14(16)17/h2-3,5-6,9H,4,7-8H2,1H3. The Bertz CT molecular complexity index is 457. The van der Waals surface area contributed by atoms with E-state index in [-0.39, 0.29) is 11.7 Å². The van der Waals surface area contributed by atoms with Crippen molar-refractivity contribution in [2.45, 2.75) is 12.8 Å². The second-order valence-corrected chi connectivity index (χ2v) is 3.53. The van der Waals surface area contributed by atoms with E-state index in [0.717, 1.165) is 0 Å². The van der Waals surface area contributed by atoms with E-state index >= 15 is 0 Å². The first-order chi connectivity index (χ1) is 8.65. The van der Waals surface area contributed by atoms with Gasteiger partial charge < -0.3 is 4.74 Å². The maximum atomic E-state index is 10.8. The molecule has 1 aromatic carbocycles. The van der Waals surface area contributed by atoms with Crippen molar-refractivity contribution in [1.82, 2.24) is 0 Å². The predicted molar refractivity (Wildman–Crippen MR) is 66.8 cm³/mol. The average Bonchev–Trinajstić information content (AvgIpc) is 2.38. The van der Waals surface area contributed by atoms with E-state index in [1.54, 1.807) is 18.2 Å². The van der Waals surface area contributed by atoms with Crippen LogP contribution in [0.3, 0.4) is 0 Å². The number of ether oxygens (including phenoxy) is 1. The fourth-order valence-corrected chi connectivity index (χ4v) is 1.34. The predicted octanol–water partition coefficient (Wildman–Crippen LogP) is 1.97. The zero-order valence-corrected chi connectivity index (χ0v) is 10.0. The Morgan fingerprint density at radius 1 is 1.50 bits per heavy atom. The highest BCUT2D eigenvalue weighted by molar-refractivity contribution is 5.85. The highest BCUT2D eigenvalue weighted by Crippen LogP contribution is 2.15. The molecule has 0 saturated heterocycles. The Labute approximate surface area is 104 Å². The van der Waals surface area contributed by atoms with Crippen LogP contribution < -0.4 is 0 Å². The Morgan fingerprint density at radius 2 is 2.22 bits per heavy atom. The lowest BCUT2D eigenvalue weighted by molar-refractivity contribution is -0.385. The molecule has 1 aromatic rings. The number of nitro groups is 1. The molecule has 0 atom stereocenters. The summed E-state index contributed by atoms with van der Waals surface area (Å²) in [7, 11) is 1.33. The van der Waals surface area contributed by atoms with Crippen molar-refractivity contribution < 1.29 is 14.5 Å². The van der Waals surface area contributed by atoms with Crippen molar-refractivity contribution in [3.05, 3.63) is 39.9 Å². The van der Waals surface area contributed by atoms with Gasteiger partial charge in [-0.2, -0.15) is 0 Å². The lowest BCUT2D eigenvalue weighted by atomic mass is 10.2. The number of nitrogens with zero attached hydrogens (tertiary/aromatic N) is 2. The molecule has 0 heterocycles. The first-order valence-corrected chi connectivity index (χ1v) is 5.45. The normalized spacial score (nSPS) is 10.5. The summed E-state index contributed by atoms with van der Waals surface area (Å²) in [6.45, 7) is 0.432. The molecular formula is C12H14N2O4. The van der Waals surface area contributed by atoms with Gasteiger partial charge in [0.05, 0.1) is 17.6 Å². The number of aliphatic imine (C=N–C) groups is 1. The van der Waals surface area contributed by atoms with Gasteiger partial charge >= 0.3 is 5.97 Å². The van der Waals surface area contributed by atoms with Gasteiger partial charge in [0.15, 0.2) is 0 Å². The lowest BCUT2D eigenvalue weighted by Crippen LogP contribution is -2.00. The number of hydrogen-bond acceptors (Lipinski definition) is 5. The molecule has 0 aliphatic heterocycles. The number of carbonyl (C=O) groups is 1. The van der Waals surface area contributed by atoms with E-state index in [9.17, 15) is 14.9 Å². The molecule has 0 unspecified atom stereocenters. The Hall–Kier alpha value is -2.24. The van der Waals surface area contributed by atoms with Gasteiger partial charge in [-0.1, -0.05) is 12.1 Å². The summed E-state index contributed by atoms with van der Waals surface area (Å²) in [4.78, 5) is 25.2. The van der Waals surface area contributed by atoms with Crippen molar-refractivity contribution in [3.63, 3.8) is 0 Å². The molecule has 96 valence electrons. The van der Waals surface area contributed by atoms with Crippen LogP contribution in [0.15, 0.2) is 29.3 Å². The average molecular weight is 250 g/mol. The summed E-state index contributed by atoms with van der Waals surface area (Å²) in [5.41, 5.74) is 0.481. The number of methoxy groups -OCH3 is 1. The monoisotopic (exact) mass is 250 g/mol. The van der Waals surface area contributed by atoms with Crippen LogP contribution in [0, 0.1) is 10.1 Å². The minimum atomic E-state index is -0.449. The topological polar surface area (TPSA) is 81.8 Å². The molecule has 0 amide bonds. The van der Waals surface area contributed by atoms with E-state index in [1.165, 1.54) is 19.4 Å². The summed E-state index contributed by atoms with van der Waals surface area (Å²) in [5, 5.41) is 10.7. The highest BCUT2D eigenvalue weighted by atomic mass is 16.6. The molecule has 18 heavy (non-hydrogen) atoms. The molecule has 0 spiro atoms. The minimum absolute atomic E-state index is 0.0224. The van der Waals surface area contributed by atoms with Gasteiger partial charge in [-0.3, -0.25) is 19.9 Å². The molecule has 0 aliphatic rings. The number of para-hydroxylation sites is 1. The van der Waals surface area contributed by atoms with Gasteiger partial charge in [0, 0.05) is 25.2 Å². The highest BCUT2D eigenvalue weighted by Gasteiger charge is 2.09. The quantitative estimate of drug-likeness (QED) is 0.254. The number of nitro benzene ring substituents is 1. The SMILES string of the molecule is COC(=O)CCCN=Cc1ccccc1[N+](=O)[O-]. The minimum Gasteiger partial charge on any atom is -0.469 e. The summed E-state index contributed by atoms with van der Waals surface area (Å²) in [5.74, 6) is -0.282. The van der Waals surface area contributed by atoms with Crippen LogP contribution in [0.4, 0.5) is 5.69 Å². The van der Waals surface area contributed by atoms with Crippen molar-refractivity contribution in [2.75, 3.05) is 13.7 Å². The fraction of sp³-hybridized carbons (Fsp3) is 0.333. The van der Waals surface area contributed by atoms with Crippen molar-refractivity contribution in [1.29, 1.82) is 0 Å². The molecule has 0 radical (unpaired) electrons. The molecular weight excluding hydrogens is 236 g/mol. The maximum Gasteiger partial charge on any atom is 0.305 e. The van der Waals surface area contributed by atoms with Crippen molar-refractivity contribution in [3.8, 4) is 0 Å². The van der Waals surface area contributed by atoms with Crippen LogP contribution in [0.1, 0.15) is 18.4 Å². The van der Waals surface area contributed by atoms with Gasteiger partial charge in [0.2, 0.25) is 0 Å². The number of rotatable bonds is 6. The zero-order valence-electron chi connectivity index (χ0n) is 10.0. The smallest absolute Gasteiger partial charge is 0.305 e. The first kappa shape index (κ1) is 13.8. The van der Waals surface area contributed by atoms with Crippen LogP contribution in [0.25, 0.3) is 0 Å². The number of hydrogen-bond donors (Lipinski definition) is 0. The molecule has 0 aliphatic carbocycles. The van der Waals surface area contributed by atoms with E-state index in [1.807, 2.05) is 0 Å². The molecule has 0 N–H and O–H groups in total. The summed E-state index contributed by atoms with van der Waals surface area (Å²) in [6, 6.07) is 6.37. The van der Waals surface area contributed by atoms with Gasteiger partial charge in [-0.05, 0) is 12.5 Å². The van der Waals surface area contributed by atoms with Crippen molar-refractivity contribution >= 4 is 17.9 Å². The van der Waals surface area contributed by atoms with Crippen molar-refractivity contribution in [2.24, 2.45) is 4.99 Å². The molecule has 0 fully saturated rings. The summed E-state index contributed by atoms with van der Waals surface area (Å²) >= 11 is 0. The Morgan fingerprint density at radius 3 is 2.89 bits per heavy atom. The zero-order chi connectivity index (χ0) is 13.4. The molecule has 0 saturated carbocycles. The van der Waals surface area contributed by atoms with Crippen LogP contribution in [-0.4, -0.2) is 30.8 Å².